The van der Waals surface area contributed by atoms with Gasteiger partial charge in [-0.2, -0.15) is 26.3 Å². The van der Waals surface area contributed by atoms with Gasteiger partial charge in [0.1, 0.15) is 6.61 Å². The van der Waals surface area contributed by atoms with Crippen molar-refractivity contribution in [2.24, 2.45) is 5.73 Å². The van der Waals surface area contributed by atoms with E-state index in [2.05, 4.69) is 10.1 Å². The van der Waals surface area contributed by atoms with Crippen LogP contribution in [0.2, 0.25) is 15.1 Å². The van der Waals surface area contributed by atoms with Crippen LogP contribution in [0.5, 0.6) is 0 Å². The summed E-state index contributed by atoms with van der Waals surface area (Å²) in [6.45, 7) is -0.307. The molecule has 2 rings (SSSR count). The molecule has 0 aliphatic heterocycles. The number of carbonyl (C=O) groups is 2. The van der Waals surface area contributed by atoms with Crippen LogP contribution in [0.1, 0.15) is 21.5 Å². The third-order valence-electron chi connectivity index (χ3n) is 4.14. The molecule has 0 radical (unpaired) electrons. The molecular formula is C18H10Cl3F7N2O3. The normalized spacial score (nSPS) is 12.4. The average Bonchev–Trinajstić information content (AvgIpc) is 2.66. The Morgan fingerprint density at radius 3 is 1.82 bits per heavy atom. The summed E-state index contributed by atoms with van der Waals surface area (Å²) in [7, 11) is 0. The largest absolute Gasteiger partial charge is 0.445 e. The van der Waals surface area contributed by atoms with Crippen molar-refractivity contribution in [1.82, 2.24) is 0 Å². The maximum absolute atomic E-state index is 14.2. The zero-order valence-electron chi connectivity index (χ0n) is 15.7. The first-order valence-electron chi connectivity index (χ1n) is 8.33. The van der Waals surface area contributed by atoms with Gasteiger partial charge in [-0.25, -0.2) is 9.18 Å². The maximum atomic E-state index is 14.2. The first-order valence-corrected chi connectivity index (χ1v) is 9.46. The molecule has 0 aliphatic carbocycles. The van der Waals surface area contributed by atoms with Gasteiger partial charge in [-0.3, -0.25) is 4.79 Å². The number of nitrogens with two attached hydrogens (primary N) is 1. The molecule has 0 fully saturated rings. The number of carbonyl (C=O) groups excluding carboxylic acids is 2. The molecule has 15 heteroatoms. The van der Waals surface area contributed by atoms with Gasteiger partial charge < -0.3 is 15.8 Å². The molecule has 0 spiro atoms. The van der Waals surface area contributed by atoms with Gasteiger partial charge in [0.2, 0.25) is 0 Å². The lowest BCUT2D eigenvalue weighted by molar-refractivity contribution is -0.348. The molecule has 33 heavy (non-hydrogen) atoms. The Morgan fingerprint density at radius 1 is 0.879 bits per heavy atom. The number of ether oxygens (including phenoxy) is 1. The summed E-state index contributed by atoms with van der Waals surface area (Å²) in [4.78, 5) is 23.1. The van der Waals surface area contributed by atoms with Gasteiger partial charge in [-0.15, -0.1) is 0 Å². The SMILES string of the molecule is NC(=O)OCc1ccc(C(=O)Nc2c(Cl)cc(C(F)(C(F)(F)F)C(F)(F)F)cc2Cl)cc1Cl. The highest BCUT2D eigenvalue weighted by Gasteiger charge is 2.73. The van der Waals surface area contributed by atoms with Gasteiger partial charge in [0.15, 0.2) is 0 Å². The van der Waals surface area contributed by atoms with Crippen molar-refractivity contribution in [2.45, 2.75) is 24.6 Å². The van der Waals surface area contributed by atoms with Crippen molar-refractivity contribution in [3.05, 3.63) is 62.1 Å². The number of amides is 2. The molecule has 0 aliphatic rings. The first kappa shape index (κ1) is 26.8. The molecular weight excluding hydrogens is 532 g/mol. The minimum Gasteiger partial charge on any atom is -0.445 e. The van der Waals surface area contributed by atoms with Crippen LogP contribution in [0, 0.1) is 0 Å². The molecule has 0 bridgehead atoms. The molecule has 0 saturated carbocycles. The molecule has 180 valence electrons. The second kappa shape index (κ2) is 9.43. The summed E-state index contributed by atoms with van der Waals surface area (Å²) >= 11 is 17.4. The van der Waals surface area contributed by atoms with Crippen molar-refractivity contribution < 1.29 is 45.1 Å². The number of rotatable bonds is 5. The van der Waals surface area contributed by atoms with Crippen molar-refractivity contribution in [3.63, 3.8) is 0 Å². The highest BCUT2D eigenvalue weighted by molar-refractivity contribution is 6.40. The third kappa shape index (κ3) is 5.56. The molecule has 2 amide bonds. The van der Waals surface area contributed by atoms with Crippen LogP contribution in [0.15, 0.2) is 30.3 Å². The van der Waals surface area contributed by atoms with Gasteiger partial charge >= 0.3 is 24.1 Å². The summed E-state index contributed by atoms with van der Waals surface area (Å²) in [5, 5.41) is 0.283. The van der Waals surface area contributed by atoms with Gasteiger partial charge in [-0.05, 0) is 24.3 Å². The Kier molecular flexibility index (Phi) is 7.66. The highest BCUT2D eigenvalue weighted by Crippen LogP contribution is 2.54. The molecule has 0 aromatic heterocycles. The third-order valence-corrected chi connectivity index (χ3v) is 5.09. The molecule has 0 unspecified atom stereocenters. The fourth-order valence-electron chi connectivity index (χ4n) is 2.52. The van der Waals surface area contributed by atoms with E-state index >= 15 is 0 Å². The number of halogens is 10. The Labute approximate surface area is 195 Å². The van der Waals surface area contributed by atoms with E-state index in [9.17, 15) is 40.3 Å². The van der Waals surface area contributed by atoms with Crippen molar-refractivity contribution >= 4 is 52.5 Å². The summed E-state index contributed by atoms with van der Waals surface area (Å²) in [5.41, 5.74) is -3.29. The Balaban J connectivity index is 2.37. The summed E-state index contributed by atoms with van der Waals surface area (Å²) in [5.74, 6) is -0.964. The average molecular weight is 542 g/mol. The number of alkyl halides is 7. The Morgan fingerprint density at radius 2 is 1.39 bits per heavy atom. The summed E-state index contributed by atoms with van der Waals surface area (Å²) in [6.07, 6.45) is -13.8. The van der Waals surface area contributed by atoms with Gasteiger partial charge in [0.25, 0.3) is 5.91 Å². The topological polar surface area (TPSA) is 81.4 Å². The van der Waals surface area contributed by atoms with Crippen molar-refractivity contribution in [1.29, 1.82) is 0 Å². The predicted molar refractivity (Wildman–Crippen MR) is 105 cm³/mol. The number of hydrogen-bond acceptors (Lipinski definition) is 3. The van der Waals surface area contributed by atoms with Crippen LogP contribution in [0.25, 0.3) is 0 Å². The standard InChI is InChI=1S/C18H10Cl3F7N2O3/c19-10-3-7(1-2-8(10)6-33-15(29)32)14(31)30-13-11(20)4-9(5-12(13)21)16(22,17(23,24)25)18(26,27)28/h1-5H,6H2,(H2,29,32)(H,30,31). The number of anilines is 1. The van der Waals surface area contributed by atoms with Crippen LogP contribution in [-0.4, -0.2) is 24.4 Å². The second-order valence-electron chi connectivity index (χ2n) is 6.34. The maximum Gasteiger partial charge on any atom is 0.435 e. The van der Waals surface area contributed by atoms with Gasteiger partial charge in [0, 0.05) is 21.7 Å². The van der Waals surface area contributed by atoms with Gasteiger partial charge in [-0.1, -0.05) is 40.9 Å². The van der Waals surface area contributed by atoms with Crippen LogP contribution in [0.4, 0.5) is 41.2 Å². The van der Waals surface area contributed by atoms with Crippen LogP contribution in [-0.2, 0) is 17.0 Å². The van der Waals surface area contributed by atoms with E-state index in [0.717, 1.165) is 6.07 Å². The number of benzene rings is 2. The Bertz CT molecular complexity index is 1050. The lowest BCUT2D eigenvalue weighted by Crippen LogP contribution is -2.50. The smallest absolute Gasteiger partial charge is 0.435 e. The lowest BCUT2D eigenvalue weighted by atomic mass is 9.94. The molecule has 2 aromatic rings. The van der Waals surface area contributed by atoms with E-state index in [1.807, 2.05) is 0 Å². The molecule has 3 N–H and O–H groups in total. The predicted octanol–water partition coefficient (Wildman–Crippen LogP) is 6.78. The fourth-order valence-corrected chi connectivity index (χ4v) is 3.34. The van der Waals surface area contributed by atoms with E-state index in [1.54, 1.807) is 0 Å². The van der Waals surface area contributed by atoms with E-state index in [-0.39, 0.29) is 34.9 Å². The lowest BCUT2D eigenvalue weighted by Gasteiger charge is -2.30. The number of hydrogen-bond donors (Lipinski definition) is 2. The first-order chi connectivity index (χ1) is 15.0. The zero-order chi connectivity index (χ0) is 25.4. The van der Waals surface area contributed by atoms with Crippen LogP contribution < -0.4 is 11.1 Å². The van der Waals surface area contributed by atoms with E-state index in [4.69, 9.17) is 40.5 Å². The minimum atomic E-state index is -6.38. The van der Waals surface area contributed by atoms with Crippen molar-refractivity contribution in [2.75, 3.05) is 5.32 Å². The van der Waals surface area contributed by atoms with Crippen LogP contribution in [0.3, 0.4) is 0 Å². The molecule has 0 heterocycles. The van der Waals surface area contributed by atoms with E-state index in [1.165, 1.54) is 12.1 Å². The number of nitrogens with one attached hydrogen (secondary N) is 1. The van der Waals surface area contributed by atoms with Crippen LogP contribution >= 0.6 is 34.8 Å². The molecule has 0 atom stereocenters. The van der Waals surface area contributed by atoms with Gasteiger partial charge in [0.05, 0.1) is 15.7 Å². The Hall–Kier alpha value is -2.44. The minimum absolute atomic E-state index is 0.0333. The summed E-state index contributed by atoms with van der Waals surface area (Å²) in [6, 6.07) is 3.72. The van der Waals surface area contributed by atoms with Crippen molar-refractivity contribution in [3.8, 4) is 0 Å². The molecule has 2 aromatic carbocycles. The molecule has 0 saturated heterocycles. The monoisotopic (exact) mass is 540 g/mol. The highest BCUT2D eigenvalue weighted by atomic mass is 35.5. The fraction of sp³-hybridized carbons (Fsp3) is 0.222. The van der Waals surface area contributed by atoms with E-state index in [0.29, 0.717) is 0 Å². The zero-order valence-corrected chi connectivity index (χ0v) is 17.9. The van der Waals surface area contributed by atoms with E-state index < -0.39 is 51.3 Å². The molecule has 5 nitrogen and oxygen atoms in total. The number of primary amides is 1. The summed E-state index contributed by atoms with van der Waals surface area (Å²) < 4.78 is 96.5. The second-order valence-corrected chi connectivity index (χ2v) is 7.56. The quantitative estimate of drug-likeness (QED) is 0.409.